The van der Waals surface area contributed by atoms with Crippen LogP contribution in [-0.4, -0.2) is 65.8 Å². The highest BCUT2D eigenvalue weighted by atomic mass is 16.5. The van der Waals surface area contributed by atoms with Gasteiger partial charge in [0, 0.05) is 31.1 Å². The van der Waals surface area contributed by atoms with Gasteiger partial charge in [-0.05, 0) is 92.5 Å². The molecule has 2 aromatic rings. The third-order valence-electron chi connectivity index (χ3n) is 8.89. The number of carbonyl (C=O) groups is 3. The van der Waals surface area contributed by atoms with E-state index in [0.29, 0.717) is 37.1 Å². The molecule has 2 aromatic carbocycles. The molecule has 4 aliphatic heterocycles. The summed E-state index contributed by atoms with van der Waals surface area (Å²) in [5.41, 5.74) is 4.44. The Kier molecular flexibility index (Phi) is 7.66. The van der Waals surface area contributed by atoms with Crippen molar-refractivity contribution in [3.63, 3.8) is 0 Å². The molecule has 0 spiro atoms. The number of benzene rings is 2. The van der Waals surface area contributed by atoms with E-state index in [4.69, 9.17) is 4.74 Å². The average molecular weight is 531 g/mol. The molecule has 0 aromatic heterocycles. The number of hydrogen-bond donors (Lipinski definition) is 2. The number of nitrogens with one attached hydrogen (secondary N) is 2. The van der Waals surface area contributed by atoms with Crippen molar-refractivity contribution < 1.29 is 19.1 Å². The fourth-order valence-electron chi connectivity index (χ4n) is 6.72. The first-order valence-electron chi connectivity index (χ1n) is 14.5. The van der Waals surface area contributed by atoms with Gasteiger partial charge in [0.15, 0.2) is 0 Å². The summed E-state index contributed by atoms with van der Waals surface area (Å²) >= 11 is 0. The highest BCUT2D eigenvalue weighted by molar-refractivity contribution is 6.05. The van der Waals surface area contributed by atoms with E-state index in [9.17, 15) is 14.4 Å². The van der Waals surface area contributed by atoms with Gasteiger partial charge in [-0.15, -0.1) is 0 Å². The molecule has 2 N–H and O–H groups in total. The van der Waals surface area contributed by atoms with E-state index in [0.717, 1.165) is 43.9 Å². The van der Waals surface area contributed by atoms with E-state index >= 15 is 0 Å². The van der Waals surface area contributed by atoms with Gasteiger partial charge in [0.1, 0.15) is 18.4 Å². The quantitative estimate of drug-likeness (QED) is 0.534. The van der Waals surface area contributed by atoms with E-state index in [1.165, 1.54) is 36.8 Å². The van der Waals surface area contributed by atoms with Gasteiger partial charge >= 0.3 is 0 Å². The number of imide groups is 1. The van der Waals surface area contributed by atoms with Crippen LogP contribution in [-0.2, 0) is 22.7 Å². The van der Waals surface area contributed by atoms with Crippen LogP contribution >= 0.6 is 0 Å². The molecule has 2 atom stereocenters. The van der Waals surface area contributed by atoms with Crippen LogP contribution in [0.3, 0.4) is 0 Å². The zero-order valence-electron chi connectivity index (χ0n) is 22.5. The molecule has 206 valence electrons. The molecule has 3 fully saturated rings. The smallest absolute Gasteiger partial charge is 0.255 e. The molecule has 4 heterocycles. The van der Waals surface area contributed by atoms with Crippen molar-refractivity contribution in [1.82, 2.24) is 20.4 Å². The fourth-order valence-corrected chi connectivity index (χ4v) is 6.72. The minimum atomic E-state index is -0.601. The Bertz CT molecular complexity index is 1240. The molecule has 2 unspecified atom stereocenters. The maximum absolute atomic E-state index is 13.0. The molecule has 4 aliphatic rings. The minimum absolute atomic E-state index is 0.156. The fraction of sp³-hybridized carbons (Fsp3) is 0.516. The number of hydrogen-bond acceptors (Lipinski definition) is 6. The van der Waals surface area contributed by atoms with Gasteiger partial charge < -0.3 is 15.0 Å². The summed E-state index contributed by atoms with van der Waals surface area (Å²) in [6.07, 6.45) is 6.55. The van der Waals surface area contributed by atoms with Crippen LogP contribution < -0.4 is 15.4 Å². The predicted octanol–water partition coefficient (Wildman–Crippen LogP) is 3.35. The normalized spacial score (nSPS) is 24.5. The minimum Gasteiger partial charge on any atom is -0.492 e. The van der Waals surface area contributed by atoms with Crippen molar-refractivity contribution in [3.8, 4) is 5.75 Å². The van der Waals surface area contributed by atoms with Crippen molar-refractivity contribution in [2.24, 2.45) is 0 Å². The lowest BCUT2D eigenvalue weighted by atomic mass is 9.86. The van der Waals surface area contributed by atoms with Crippen LogP contribution in [0.15, 0.2) is 42.5 Å². The van der Waals surface area contributed by atoms with E-state index < -0.39 is 6.04 Å². The van der Waals surface area contributed by atoms with Crippen molar-refractivity contribution in [1.29, 1.82) is 0 Å². The van der Waals surface area contributed by atoms with Gasteiger partial charge in [0.25, 0.3) is 5.91 Å². The van der Waals surface area contributed by atoms with Crippen LogP contribution in [0.5, 0.6) is 5.75 Å². The number of fused-ring (bicyclic) bond motifs is 1. The molecule has 6 rings (SSSR count). The maximum atomic E-state index is 13.0. The number of piperidine rings is 3. The van der Waals surface area contributed by atoms with Crippen molar-refractivity contribution >= 4 is 17.7 Å². The summed E-state index contributed by atoms with van der Waals surface area (Å²) in [6, 6.07) is 14.3. The number of carbonyl (C=O) groups excluding carboxylic acids is 3. The largest absolute Gasteiger partial charge is 0.492 e. The van der Waals surface area contributed by atoms with Crippen LogP contribution in [0.4, 0.5) is 0 Å². The Balaban J connectivity index is 1.10. The van der Waals surface area contributed by atoms with Gasteiger partial charge in [-0.2, -0.15) is 0 Å². The summed E-state index contributed by atoms with van der Waals surface area (Å²) in [4.78, 5) is 41.1. The lowest BCUT2D eigenvalue weighted by Gasteiger charge is -2.36. The lowest BCUT2D eigenvalue weighted by molar-refractivity contribution is -0.136. The number of amides is 3. The van der Waals surface area contributed by atoms with Crippen LogP contribution in [0.2, 0.25) is 0 Å². The molecule has 3 saturated heterocycles. The second-order valence-electron chi connectivity index (χ2n) is 11.4. The average Bonchev–Trinajstić information content (AvgIpc) is 3.28. The van der Waals surface area contributed by atoms with Gasteiger partial charge in [0.05, 0.1) is 0 Å². The second-order valence-corrected chi connectivity index (χ2v) is 11.4. The van der Waals surface area contributed by atoms with Gasteiger partial charge in [-0.1, -0.05) is 30.7 Å². The zero-order chi connectivity index (χ0) is 26.8. The third kappa shape index (κ3) is 5.58. The molecule has 8 nitrogen and oxygen atoms in total. The first kappa shape index (κ1) is 26.0. The van der Waals surface area contributed by atoms with Gasteiger partial charge in [0.2, 0.25) is 11.8 Å². The Labute approximate surface area is 230 Å². The van der Waals surface area contributed by atoms with Crippen molar-refractivity contribution in [2.45, 2.75) is 76.0 Å². The molecular weight excluding hydrogens is 492 g/mol. The molecule has 0 radical (unpaired) electrons. The summed E-state index contributed by atoms with van der Waals surface area (Å²) in [6.45, 7) is 5.19. The van der Waals surface area contributed by atoms with Crippen LogP contribution in [0.25, 0.3) is 0 Å². The van der Waals surface area contributed by atoms with Gasteiger partial charge in [-0.3, -0.25) is 24.6 Å². The molecule has 0 bridgehead atoms. The Morgan fingerprint density at radius 2 is 1.79 bits per heavy atom. The molecule has 3 amide bonds. The molecule has 0 saturated carbocycles. The summed E-state index contributed by atoms with van der Waals surface area (Å²) in [5.74, 6) is 0.575. The molecule has 8 heteroatoms. The Morgan fingerprint density at radius 3 is 2.64 bits per heavy atom. The highest BCUT2D eigenvalue weighted by Gasteiger charge is 2.39. The summed E-state index contributed by atoms with van der Waals surface area (Å²) < 4.78 is 6.33. The van der Waals surface area contributed by atoms with Crippen LogP contribution in [0.1, 0.15) is 77.9 Å². The van der Waals surface area contributed by atoms with Crippen LogP contribution in [0, 0.1) is 0 Å². The number of likely N-dealkylation sites (tertiary alicyclic amines) is 1. The lowest BCUT2D eigenvalue weighted by Crippen LogP contribution is -2.52. The van der Waals surface area contributed by atoms with Gasteiger partial charge in [-0.25, -0.2) is 0 Å². The number of rotatable bonds is 7. The second kappa shape index (κ2) is 11.5. The first-order chi connectivity index (χ1) is 19.1. The highest BCUT2D eigenvalue weighted by Crippen LogP contribution is 2.32. The Morgan fingerprint density at radius 1 is 0.949 bits per heavy atom. The molecule has 39 heavy (non-hydrogen) atoms. The van der Waals surface area contributed by atoms with E-state index in [1.54, 1.807) is 4.90 Å². The maximum Gasteiger partial charge on any atom is 0.255 e. The van der Waals surface area contributed by atoms with Crippen molar-refractivity contribution in [3.05, 3.63) is 64.7 Å². The SMILES string of the molecule is O=C1CCC(N2Cc3cc(OCC4CCCCN4Cc4ccccc4C4CCNCC4)ccc3C2=O)C(=O)N1. The summed E-state index contributed by atoms with van der Waals surface area (Å²) in [7, 11) is 0. The molecular formula is C31H38N4O4. The predicted molar refractivity (Wildman–Crippen MR) is 147 cm³/mol. The Hall–Kier alpha value is -3.23. The molecule has 0 aliphatic carbocycles. The van der Waals surface area contributed by atoms with E-state index in [2.05, 4.69) is 39.8 Å². The topological polar surface area (TPSA) is 91.0 Å². The van der Waals surface area contributed by atoms with Crippen molar-refractivity contribution in [2.75, 3.05) is 26.2 Å². The number of ether oxygens (including phenoxy) is 1. The number of nitrogens with zero attached hydrogens (tertiary/aromatic N) is 2. The van der Waals surface area contributed by atoms with E-state index in [1.807, 2.05) is 18.2 Å². The standard InChI is InChI=1S/C31H38N4O4/c36-29-11-10-28(30(37)33-29)35-19-23-17-25(8-9-27(23)31(35)38)39-20-24-6-3-4-16-34(24)18-22-5-1-2-7-26(22)21-12-14-32-15-13-21/h1-2,5,7-9,17,21,24,28,32H,3-4,6,10-16,18-20H2,(H,33,36,37). The third-order valence-corrected chi connectivity index (χ3v) is 8.89. The zero-order valence-corrected chi connectivity index (χ0v) is 22.5. The first-order valence-corrected chi connectivity index (χ1v) is 14.5. The van der Waals surface area contributed by atoms with E-state index in [-0.39, 0.29) is 24.1 Å². The monoisotopic (exact) mass is 530 g/mol. The summed E-state index contributed by atoms with van der Waals surface area (Å²) in [5, 5.41) is 5.85.